The van der Waals surface area contributed by atoms with Crippen LogP contribution in [0.25, 0.3) is 10.9 Å². The second-order valence-corrected chi connectivity index (χ2v) is 3.97. The van der Waals surface area contributed by atoms with Gasteiger partial charge in [-0.05, 0) is 25.0 Å². The molecule has 0 spiro atoms. The van der Waals surface area contributed by atoms with Crippen LogP contribution in [0.1, 0.15) is 18.9 Å². The molecule has 2 nitrogen and oxygen atoms in total. The summed E-state index contributed by atoms with van der Waals surface area (Å²) < 4.78 is 40.8. The molecule has 0 aliphatic carbocycles. The molecule has 1 N–H and O–H groups in total. The number of aryl methyl sites for hydroxylation is 1. The highest BCUT2D eigenvalue weighted by Gasteiger charge is 2.32. The zero-order valence-corrected chi connectivity index (χ0v) is 10.3. The Kier molecular flexibility index (Phi) is 3.70. The highest BCUT2D eigenvalue weighted by Crippen LogP contribution is 2.31. The van der Waals surface area contributed by atoms with Crippen LogP contribution in [-0.2, 0) is 6.42 Å². The summed E-state index contributed by atoms with van der Waals surface area (Å²) in [7, 11) is 0. The molecule has 0 atom stereocenters. The Morgan fingerprint density at radius 3 is 2.79 bits per heavy atom. The summed E-state index contributed by atoms with van der Waals surface area (Å²) in [6.07, 6.45) is -1.62. The summed E-state index contributed by atoms with van der Waals surface area (Å²) in [4.78, 5) is 2.83. The normalized spacial score (nSPS) is 11.2. The third kappa shape index (κ3) is 3.22. The number of benzene rings is 1. The van der Waals surface area contributed by atoms with Crippen LogP contribution in [-0.4, -0.2) is 11.3 Å². The quantitative estimate of drug-likeness (QED) is 0.835. The molecule has 1 aromatic heterocycles. The van der Waals surface area contributed by atoms with Gasteiger partial charge in [0.2, 0.25) is 0 Å². The van der Waals surface area contributed by atoms with E-state index in [1.165, 1.54) is 6.07 Å². The number of para-hydroxylation sites is 1. The molecule has 0 bridgehead atoms. The van der Waals surface area contributed by atoms with E-state index in [0.29, 0.717) is 18.4 Å². The van der Waals surface area contributed by atoms with Gasteiger partial charge in [0.1, 0.15) is 0 Å². The number of H-pyrrole nitrogens is 1. The minimum absolute atomic E-state index is 0.210. The van der Waals surface area contributed by atoms with Crippen LogP contribution < -0.4 is 4.74 Å². The standard InChI is InChI=1S/C14H12F3NO/c1-2-3-4-6-10-9-18-13-11(10)7-5-8-12(13)19-14(15,16)17/h5,7-9,18H,4,6H2,1H3. The molecule has 0 unspecified atom stereocenters. The number of aromatic amines is 1. The van der Waals surface area contributed by atoms with E-state index in [9.17, 15) is 13.2 Å². The van der Waals surface area contributed by atoms with Gasteiger partial charge in [0.25, 0.3) is 0 Å². The minimum Gasteiger partial charge on any atom is -0.404 e. The van der Waals surface area contributed by atoms with Gasteiger partial charge in [-0.3, -0.25) is 0 Å². The molecule has 1 heterocycles. The number of nitrogens with one attached hydrogen (secondary N) is 1. The number of aromatic nitrogens is 1. The second kappa shape index (κ2) is 5.27. The van der Waals surface area contributed by atoms with E-state index in [2.05, 4.69) is 21.6 Å². The van der Waals surface area contributed by atoms with Crippen molar-refractivity contribution < 1.29 is 17.9 Å². The summed E-state index contributed by atoms with van der Waals surface area (Å²) in [6.45, 7) is 1.75. The van der Waals surface area contributed by atoms with Gasteiger partial charge in [-0.15, -0.1) is 25.0 Å². The summed E-state index contributed by atoms with van der Waals surface area (Å²) in [5.74, 6) is 5.51. The fourth-order valence-corrected chi connectivity index (χ4v) is 1.92. The van der Waals surface area contributed by atoms with Crippen molar-refractivity contribution >= 4 is 10.9 Å². The van der Waals surface area contributed by atoms with Crippen LogP contribution in [0.5, 0.6) is 5.75 Å². The van der Waals surface area contributed by atoms with Crippen LogP contribution in [0.3, 0.4) is 0 Å². The average molecular weight is 267 g/mol. The molecule has 0 fully saturated rings. The first kappa shape index (κ1) is 13.3. The first-order valence-electron chi connectivity index (χ1n) is 5.75. The monoisotopic (exact) mass is 267 g/mol. The van der Waals surface area contributed by atoms with Crippen molar-refractivity contribution in [1.29, 1.82) is 0 Å². The lowest BCUT2D eigenvalue weighted by Crippen LogP contribution is -2.17. The lowest BCUT2D eigenvalue weighted by Gasteiger charge is -2.09. The summed E-state index contributed by atoms with van der Waals surface area (Å²) >= 11 is 0. The van der Waals surface area contributed by atoms with Gasteiger partial charge in [0.05, 0.1) is 5.52 Å². The van der Waals surface area contributed by atoms with E-state index in [0.717, 1.165) is 10.9 Å². The Morgan fingerprint density at radius 1 is 1.32 bits per heavy atom. The number of rotatable bonds is 3. The van der Waals surface area contributed by atoms with Gasteiger partial charge in [-0.2, -0.15) is 0 Å². The molecule has 0 aliphatic heterocycles. The van der Waals surface area contributed by atoms with Crippen LogP contribution in [0.4, 0.5) is 13.2 Å². The Morgan fingerprint density at radius 2 is 2.11 bits per heavy atom. The lowest BCUT2D eigenvalue weighted by molar-refractivity contribution is -0.274. The molecule has 1 aromatic carbocycles. The second-order valence-electron chi connectivity index (χ2n) is 3.97. The van der Waals surface area contributed by atoms with Crippen LogP contribution in [0, 0.1) is 11.8 Å². The van der Waals surface area contributed by atoms with Crippen molar-refractivity contribution in [3.05, 3.63) is 30.0 Å². The minimum atomic E-state index is -4.69. The highest BCUT2D eigenvalue weighted by atomic mass is 19.4. The van der Waals surface area contributed by atoms with Gasteiger partial charge < -0.3 is 9.72 Å². The van der Waals surface area contributed by atoms with Crippen molar-refractivity contribution in [2.24, 2.45) is 0 Å². The first-order chi connectivity index (χ1) is 9.01. The Hall–Kier alpha value is -2.09. The number of halogens is 3. The number of ether oxygens (including phenoxy) is 1. The Bertz CT molecular complexity index is 631. The Labute approximate surface area is 108 Å². The van der Waals surface area contributed by atoms with Gasteiger partial charge in [-0.1, -0.05) is 12.1 Å². The topological polar surface area (TPSA) is 25.0 Å². The molecular formula is C14H12F3NO. The molecule has 5 heteroatoms. The summed E-state index contributed by atoms with van der Waals surface area (Å²) in [5.41, 5.74) is 1.30. The zero-order chi connectivity index (χ0) is 13.9. The zero-order valence-electron chi connectivity index (χ0n) is 10.3. The maximum Gasteiger partial charge on any atom is 0.573 e. The number of hydrogen-bond donors (Lipinski definition) is 1. The summed E-state index contributed by atoms with van der Waals surface area (Å²) in [6, 6.07) is 4.61. The molecule has 100 valence electrons. The van der Waals surface area contributed by atoms with Gasteiger partial charge >= 0.3 is 6.36 Å². The van der Waals surface area contributed by atoms with Crippen LogP contribution in [0.2, 0.25) is 0 Å². The molecule has 0 saturated carbocycles. The van der Waals surface area contributed by atoms with E-state index in [-0.39, 0.29) is 5.75 Å². The smallest absolute Gasteiger partial charge is 0.404 e. The van der Waals surface area contributed by atoms with Crippen molar-refractivity contribution in [3.63, 3.8) is 0 Å². The van der Waals surface area contributed by atoms with Crippen molar-refractivity contribution in [1.82, 2.24) is 4.98 Å². The van der Waals surface area contributed by atoms with E-state index < -0.39 is 6.36 Å². The molecule has 19 heavy (non-hydrogen) atoms. The predicted octanol–water partition coefficient (Wildman–Crippen LogP) is 4.02. The molecular weight excluding hydrogens is 255 g/mol. The third-order valence-electron chi connectivity index (χ3n) is 2.68. The van der Waals surface area contributed by atoms with E-state index >= 15 is 0 Å². The molecule has 2 aromatic rings. The number of hydrogen-bond acceptors (Lipinski definition) is 1. The lowest BCUT2D eigenvalue weighted by atomic mass is 10.1. The van der Waals surface area contributed by atoms with E-state index in [1.807, 2.05) is 0 Å². The summed E-state index contributed by atoms with van der Waals surface area (Å²) in [5, 5.41) is 0.736. The first-order valence-corrected chi connectivity index (χ1v) is 5.75. The van der Waals surface area contributed by atoms with E-state index in [1.54, 1.807) is 25.3 Å². The van der Waals surface area contributed by atoms with Crippen LogP contribution >= 0.6 is 0 Å². The van der Waals surface area contributed by atoms with Crippen LogP contribution in [0.15, 0.2) is 24.4 Å². The largest absolute Gasteiger partial charge is 0.573 e. The van der Waals surface area contributed by atoms with Gasteiger partial charge in [0.15, 0.2) is 5.75 Å². The van der Waals surface area contributed by atoms with Gasteiger partial charge in [0, 0.05) is 18.0 Å². The maximum absolute atomic E-state index is 12.3. The van der Waals surface area contributed by atoms with E-state index in [4.69, 9.17) is 0 Å². The predicted molar refractivity (Wildman–Crippen MR) is 66.8 cm³/mol. The fourth-order valence-electron chi connectivity index (χ4n) is 1.92. The molecule has 0 saturated heterocycles. The highest BCUT2D eigenvalue weighted by molar-refractivity contribution is 5.88. The van der Waals surface area contributed by atoms with Crippen molar-refractivity contribution in [2.75, 3.05) is 0 Å². The maximum atomic E-state index is 12.3. The Balaban J connectivity index is 2.33. The molecule has 0 aliphatic rings. The fraction of sp³-hybridized carbons (Fsp3) is 0.286. The number of alkyl halides is 3. The average Bonchev–Trinajstić information content (AvgIpc) is 2.72. The third-order valence-corrected chi connectivity index (χ3v) is 2.68. The molecule has 0 radical (unpaired) electrons. The number of fused-ring (bicyclic) bond motifs is 1. The van der Waals surface area contributed by atoms with Crippen molar-refractivity contribution in [2.45, 2.75) is 26.1 Å². The van der Waals surface area contributed by atoms with Crippen molar-refractivity contribution in [3.8, 4) is 17.6 Å². The molecule has 0 amide bonds. The SMILES string of the molecule is CC#CCCc1c[nH]c2c(OC(F)(F)F)cccc12. The molecule has 2 rings (SSSR count). The van der Waals surface area contributed by atoms with Gasteiger partial charge in [-0.25, -0.2) is 0 Å².